The maximum atomic E-state index is 11.8. The fourth-order valence-electron chi connectivity index (χ4n) is 3.30. The van der Waals surface area contributed by atoms with Crippen LogP contribution < -0.4 is 4.74 Å². The summed E-state index contributed by atoms with van der Waals surface area (Å²) in [7, 11) is 0. The first-order valence-electron chi connectivity index (χ1n) is 10.7. The average Bonchev–Trinajstić information content (AvgIpc) is 3.30. The van der Waals surface area contributed by atoms with Gasteiger partial charge in [-0.3, -0.25) is 14.8 Å². The highest BCUT2D eigenvalue weighted by Gasteiger charge is 2.30. The van der Waals surface area contributed by atoms with Crippen LogP contribution in [0.1, 0.15) is 35.1 Å². The molecule has 4 heterocycles. The molecule has 0 amide bonds. The van der Waals surface area contributed by atoms with Crippen LogP contribution in [0.3, 0.4) is 0 Å². The Hall–Kier alpha value is -2.50. The van der Waals surface area contributed by atoms with E-state index in [1.54, 1.807) is 0 Å². The molecule has 3 aromatic rings. The molecule has 0 radical (unpaired) electrons. The van der Waals surface area contributed by atoms with E-state index in [2.05, 4.69) is 20.2 Å². The predicted octanol–water partition coefficient (Wildman–Crippen LogP) is 3.37. The quantitative estimate of drug-likeness (QED) is 0.228. The molecule has 1 aliphatic heterocycles. The van der Waals surface area contributed by atoms with E-state index in [0.717, 1.165) is 0 Å². The zero-order valence-electron chi connectivity index (χ0n) is 18.6. The van der Waals surface area contributed by atoms with Gasteiger partial charge in [-0.05, 0) is 31.3 Å². The maximum Gasteiger partial charge on any atom is 0.352 e. The van der Waals surface area contributed by atoms with Crippen molar-refractivity contribution in [1.82, 2.24) is 29.5 Å². The number of ether oxygens (including phenoxy) is 2. The summed E-state index contributed by atoms with van der Waals surface area (Å²) in [6, 6.07) is -0.327. The van der Waals surface area contributed by atoms with Gasteiger partial charge in [0.1, 0.15) is 5.69 Å². The van der Waals surface area contributed by atoms with Gasteiger partial charge in [0.2, 0.25) is 5.28 Å². The van der Waals surface area contributed by atoms with Gasteiger partial charge in [0.05, 0.1) is 23.0 Å². The summed E-state index contributed by atoms with van der Waals surface area (Å²) in [5.41, 5.74) is -0.640. The molecule has 1 saturated heterocycles. The molecule has 0 bridgehead atoms. The molecule has 0 spiro atoms. The monoisotopic (exact) mass is 458 g/mol. The number of rotatable bonds is 7. The molecule has 3 aromatic heterocycles. The molecule has 4 rings (SSSR count). The highest BCUT2D eigenvalue weighted by Crippen LogP contribution is 2.34. The SMILES string of the molecule is [2H]C([2H])([2H])c1c([N+](=O)[O-])c(OCCCn2nc(Cl)c3cnc(Cl)nc32)nn1C1CCOCC1. The maximum absolute atomic E-state index is 11.8. The molecule has 0 aliphatic carbocycles. The van der Waals surface area contributed by atoms with E-state index in [0.29, 0.717) is 50.1 Å². The second-order valence-electron chi connectivity index (χ2n) is 6.64. The number of hydrogen-bond acceptors (Lipinski definition) is 8. The van der Waals surface area contributed by atoms with Crippen molar-refractivity contribution >= 4 is 39.9 Å². The molecule has 1 fully saturated rings. The molecule has 0 aromatic carbocycles. The fraction of sp³-hybridized carbons (Fsp3) is 0.529. The van der Waals surface area contributed by atoms with E-state index in [-0.39, 0.29) is 29.0 Å². The van der Waals surface area contributed by atoms with Crippen LogP contribution in [0, 0.1) is 17.0 Å². The first kappa shape index (κ1) is 17.2. The summed E-state index contributed by atoms with van der Waals surface area (Å²) < 4.78 is 37.1. The summed E-state index contributed by atoms with van der Waals surface area (Å²) in [4.78, 5) is 19.0. The van der Waals surface area contributed by atoms with Crippen LogP contribution in [0.4, 0.5) is 5.69 Å². The van der Waals surface area contributed by atoms with Gasteiger partial charge in [-0.2, -0.15) is 10.1 Å². The number of aromatic nitrogens is 6. The van der Waals surface area contributed by atoms with Crippen molar-refractivity contribution in [1.29, 1.82) is 0 Å². The van der Waals surface area contributed by atoms with E-state index < -0.39 is 23.2 Å². The second kappa shape index (κ2) is 8.70. The van der Waals surface area contributed by atoms with E-state index in [4.69, 9.17) is 36.8 Å². The largest absolute Gasteiger partial charge is 0.472 e. The smallest absolute Gasteiger partial charge is 0.352 e. The van der Waals surface area contributed by atoms with E-state index in [1.165, 1.54) is 15.6 Å². The zero-order valence-corrected chi connectivity index (χ0v) is 17.1. The van der Waals surface area contributed by atoms with Gasteiger partial charge in [0.15, 0.2) is 10.8 Å². The van der Waals surface area contributed by atoms with E-state index in [9.17, 15) is 10.1 Å². The van der Waals surface area contributed by atoms with E-state index in [1.807, 2.05) is 0 Å². The third kappa shape index (κ3) is 4.05. The van der Waals surface area contributed by atoms with Gasteiger partial charge in [0.25, 0.3) is 0 Å². The highest BCUT2D eigenvalue weighted by molar-refractivity contribution is 6.34. The first-order valence-corrected chi connectivity index (χ1v) is 9.95. The summed E-state index contributed by atoms with van der Waals surface area (Å²) in [6.07, 6.45) is 2.83. The Kier molecular flexibility index (Phi) is 4.99. The molecule has 0 unspecified atom stereocenters. The minimum Gasteiger partial charge on any atom is -0.472 e. The van der Waals surface area contributed by atoms with Crippen molar-refractivity contribution in [2.24, 2.45) is 0 Å². The van der Waals surface area contributed by atoms with Crippen LogP contribution in [0.2, 0.25) is 10.4 Å². The average molecular weight is 459 g/mol. The third-order valence-corrected chi connectivity index (χ3v) is 5.20. The van der Waals surface area contributed by atoms with Crippen molar-refractivity contribution in [2.75, 3.05) is 19.8 Å². The minimum atomic E-state index is -2.74. The van der Waals surface area contributed by atoms with Crippen LogP contribution in [-0.2, 0) is 11.3 Å². The molecule has 1 aliphatic rings. The topological polar surface area (TPSA) is 123 Å². The van der Waals surface area contributed by atoms with Gasteiger partial charge >= 0.3 is 11.6 Å². The lowest BCUT2D eigenvalue weighted by Crippen LogP contribution is -2.21. The third-order valence-electron chi connectivity index (χ3n) is 4.74. The standard InChI is InChI=1S/C17H19Cl2N7O4/c1-10-13(26(27)28)16(23-25(10)11-3-7-29-8-4-11)30-6-2-5-24-15-12(14(18)22-24)9-20-17(19)21-15/h9,11H,2-8H2,1H3/i1D3. The molecule has 0 N–H and O–H groups in total. The van der Waals surface area contributed by atoms with Crippen LogP contribution in [-0.4, -0.2) is 54.3 Å². The number of hydrogen-bond donors (Lipinski definition) is 0. The predicted molar refractivity (Wildman–Crippen MR) is 108 cm³/mol. The number of fused-ring (bicyclic) bond motifs is 1. The molecule has 0 saturated carbocycles. The van der Waals surface area contributed by atoms with Gasteiger partial charge in [0, 0.05) is 36.5 Å². The molecule has 0 atom stereocenters. The lowest BCUT2D eigenvalue weighted by atomic mass is 10.1. The lowest BCUT2D eigenvalue weighted by Gasteiger charge is -2.22. The summed E-state index contributed by atoms with van der Waals surface area (Å²) >= 11 is 11.9. The van der Waals surface area contributed by atoms with Gasteiger partial charge in [-0.25, -0.2) is 9.67 Å². The normalized spacial score (nSPS) is 16.9. The number of nitrogens with zero attached hydrogens (tertiary/aromatic N) is 7. The lowest BCUT2D eigenvalue weighted by molar-refractivity contribution is -0.386. The minimum absolute atomic E-state index is 0.0177. The van der Waals surface area contributed by atoms with Crippen molar-refractivity contribution in [2.45, 2.75) is 38.7 Å². The Morgan fingerprint density at radius 3 is 2.93 bits per heavy atom. The Labute approximate surface area is 185 Å². The molecule has 160 valence electrons. The number of nitro groups is 1. The van der Waals surface area contributed by atoms with Crippen molar-refractivity contribution in [3.63, 3.8) is 0 Å². The van der Waals surface area contributed by atoms with Crippen LogP contribution in [0.5, 0.6) is 5.88 Å². The zero-order chi connectivity index (χ0) is 23.8. The molecule has 11 nitrogen and oxygen atoms in total. The van der Waals surface area contributed by atoms with Crippen molar-refractivity contribution < 1.29 is 18.5 Å². The summed E-state index contributed by atoms with van der Waals surface area (Å²) in [5, 5.41) is 20.9. The Morgan fingerprint density at radius 2 is 2.20 bits per heavy atom. The summed E-state index contributed by atoms with van der Waals surface area (Å²) in [5.74, 6) is -0.327. The van der Waals surface area contributed by atoms with Crippen LogP contribution in [0.15, 0.2) is 6.20 Å². The van der Waals surface area contributed by atoms with Crippen molar-refractivity contribution in [3.05, 3.63) is 32.4 Å². The Balaban J connectivity index is 1.54. The fourth-order valence-corrected chi connectivity index (χ4v) is 3.65. The van der Waals surface area contributed by atoms with Crippen LogP contribution in [0.25, 0.3) is 11.0 Å². The molecular weight excluding hydrogens is 437 g/mol. The second-order valence-corrected chi connectivity index (χ2v) is 7.34. The Morgan fingerprint density at radius 1 is 1.40 bits per heavy atom. The summed E-state index contributed by atoms with van der Waals surface area (Å²) in [6.45, 7) is -1.56. The first-order chi connectivity index (χ1) is 15.7. The number of halogens is 2. The van der Waals surface area contributed by atoms with Gasteiger partial charge in [-0.1, -0.05) is 11.6 Å². The number of aryl methyl sites for hydroxylation is 1. The van der Waals surface area contributed by atoms with Crippen molar-refractivity contribution in [3.8, 4) is 5.88 Å². The van der Waals surface area contributed by atoms with Crippen LogP contribution >= 0.6 is 23.2 Å². The molecule has 13 heteroatoms. The van der Waals surface area contributed by atoms with Gasteiger partial charge in [-0.15, -0.1) is 5.10 Å². The Bertz CT molecular complexity index is 1180. The highest BCUT2D eigenvalue weighted by atomic mass is 35.5. The van der Waals surface area contributed by atoms with Gasteiger partial charge < -0.3 is 9.47 Å². The van der Waals surface area contributed by atoms with E-state index >= 15 is 0 Å². The molecular formula is C17H19Cl2N7O4. The molecule has 30 heavy (non-hydrogen) atoms.